The maximum atomic E-state index is 6.00. The maximum absolute atomic E-state index is 6.00. The number of hydrogen-bond donors (Lipinski definition) is 1. The molecule has 1 aromatic heterocycles. The van der Waals surface area contributed by atoms with Gasteiger partial charge in [-0.3, -0.25) is 0 Å². The number of hydrogen-bond acceptors (Lipinski definition) is 6. The van der Waals surface area contributed by atoms with Crippen LogP contribution in [0.4, 0.5) is 5.69 Å². The van der Waals surface area contributed by atoms with E-state index in [1.165, 1.54) is 0 Å². The lowest BCUT2D eigenvalue weighted by molar-refractivity contribution is 0.217. The Kier molecular flexibility index (Phi) is 6.29. The zero-order valence-corrected chi connectivity index (χ0v) is 17.3. The summed E-state index contributed by atoms with van der Waals surface area (Å²) in [5, 5.41) is 5.10. The predicted molar refractivity (Wildman–Crippen MR) is 109 cm³/mol. The van der Waals surface area contributed by atoms with Gasteiger partial charge in [-0.15, -0.1) is 0 Å². The highest BCUT2D eigenvalue weighted by Gasteiger charge is 2.22. The average molecular weight is 404 g/mol. The van der Waals surface area contributed by atoms with Crippen molar-refractivity contribution >= 4 is 29.1 Å². The Labute approximate surface area is 168 Å². The Morgan fingerprint density at radius 1 is 1.00 bits per heavy atom. The number of halogens is 1. The summed E-state index contributed by atoms with van der Waals surface area (Å²) in [7, 11) is 3.28. The molecule has 3 rings (SSSR count). The van der Waals surface area contributed by atoms with Gasteiger partial charge < -0.3 is 14.8 Å². The molecule has 0 aliphatic carbocycles. The first-order chi connectivity index (χ1) is 13.0. The number of anilines is 1. The molecule has 2 heterocycles. The van der Waals surface area contributed by atoms with Crippen LogP contribution in [0.25, 0.3) is 0 Å². The lowest BCUT2D eigenvalue weighted by atomic mass is 10.0. The van der Waals surface area contributed by atoms with Crippen LogP contribution in [0.5, 0.6) is 0 Å². The average Bonchev–Trinajstić information content (AvgIpc) is 2.71. The third-order valence-corrected chi connectivity index (χ3v) is 5.42. The van der Waals surface area contributed by atoms with Crippen LogP contribution in [-0.2, 0) is 9.47 Å². The summed E-state index contributed by atoms with van der Waals surface area (Å²) in [6, 6.07) is 7.71. The molecule has 0 saturated heterocycles. The Morgan fingerprint density at radius 3 is 2.33 bits per heavy atom. The molecular formula is C20H22ClN3O2S. The normalized spacial score (nSPS) is 23.3. The molecule has 2 atom stereocenters. The lowest BCUT2D eigenvalue weighted by Gasteiger charge is -2.18. The van der Waals surface area contributed by atoms with E-state index >= 15 is 0 Å². The van der Waals surface area contributed by atoms with Crippen molar-refractivity contribution < 1.29 is 9.47 Å². The fourth-order valence-corrected chi connectivity index (χ4v) is 3.85. The molecule has 1 aliphatic rings. The largest absolute Gasteiger partial charge is 0.493 e. The second-order valence-corrected chi connectivity index (χ2v) is 7.69. The SMILES string of the molecule is COC1=C/C(C)Nc2c(Sc3ccc(Cl)cc3)ncnc2C(C)/C=C\1OC. The van der Waals surface area contributed by atoms with E-state index in [1.54, 1.807) is 32.3 Å². The first-order valence-corrected chi connectivity index (χ1v) is 9.78. The van der Waals surface area contributed by atoms with E-state index < -0.39 is 0 Å². The highest BCUT2D eigenvalue weighted by molar-refractivity contribution is 7.99. The van der Waals surface area contributed by atoms with Crippen LogP contribution in [0.1, 0.15) is 25.5 Å². The Balaban J connectivity index is 2.05. The number of methoxy groups -OCH3 is 2. The number of fused-ring (bicyclic) bond motifs is 1. The number of nitrogens with one attached hydrogen (secondary N) is 1. The molecule has 0 saturated carbocycles. The van der Waals surface area contributed by atoms with Gasteiger partial charge in [0.25, 0.3) is 0 Å². The molecule has 0 amide bonds. The van der Waals surface area contributed by atoms with E-state index in [1.807, 2.05) is 36.4 Å². The summed E-state index contributed by atoms with van der Waals surface area (Å²) in [6.45, 7) is 4.13. The van der Waals surface area contributed by atoms with Crippen LogP contribution in [0.15, 0.2) is 64.2 Å². The van der Waals surface area contributed by atoms with Gasteiger partial charge in [-0.25, -0.2) is 9.97 Å². The molecule has 0 bridgehead atoms. The van der Waals surface area contributed by atoms with Crippen LogP contribution in [-0.4, -0.2) is 30.2 Å². The number of rotatable bonds is 4. The van der Waals surface area contributed by atoms with Crippen molar-refractivity contribution in [1.82, 2.24) is 9.97 Å². The maximum Gasteiger partial charge on any atom is 0.158 e. The summed E-state index contributed by atoms with van der Waals surface area (Å²) in [6.07, 6.45) is 5.60. The summed E-state index contributed by atoms with van der Waals surface area (Å²) in [4.78, 5) is 10.1. The van der Waals surface area contributed by atoms with Gasteiger partial charge in [0.05, 0.1) is 25.6 Å². The van der Waals surface area contributed by atoms with Crippen molar-refractivity contribution in [2.75, 3.05) is 19.5 Å². The fraction of sp³-hybridized carbons (Fsp3) is 0.300. The fourth-order valence-electron chi connectivity index (χ4n) is 2.86. The van der Waals surface area contributed by atoms with Crippen LogP contribution >= 0.6 is 23.4 Å². The third kappa shape index (κ3) is 4.57. The van der Waals surface area contributed by atoms with Crippen LogP contribution in [0.3, 0.4) is 0 Å². The smallest absolute Gasteiger partial charge is 0.158 e. The Morgan fingerprint density at radius 2 is 1.67 bits per heavy atom. The molecule has 5 nitrogen and oxygen atoms in total. The van der Waals surface area contributed by atoms with Gasteiger partial charge in [0.2, 0.25) is 0 Å². The molecule has 1 aliphatic heterocycles. The zero-order chi connectivity index (χ0) is 19.4. The number of ether oxygens (including phenoxy) is 2. The molecule has 27 heavy (non-hydrogen) atoms. The second-order valence-electron chi connectivity index (χ2n) is 6.19. The first kappa shape index (κ1) is 19.6. The minimum atomic E-state index is -0.00174. The standard InChI is InChI=1S/C20H22ClN3O2S/c1-12-9-16(25-3)17(26-4)10-13(2)24-19-18(12)22-11-23-20(19)27-15-7-5-14(21)6-8-15/h5-13,24H,1-4H3/b16-9+,17-10+. The summed E-state index contributed by atoms with van der Waals surface area (Å²) in [5.74, 6) is 1.40. The molecule has 0 spiro atoms. The molecule has 0 fully saturated rings. The van der Waals surface area contributed by atoms with Gasteiger partial charge in [-0.05, 0) is 43.3 Å². The van der Waals surface area contributed by atoms with Crippen LogP contribution < -0.4 is 5.32 Å². The van der Waals surface area contributed by atoms with Gasteiger partial charge in [-0.1, -0.05) is 30.3 Å². The molecule has 0 radical (unpaired) electrons. The van der Waals surface area contributed by atoms with E-state index in [-0.39, 0.29) is 12.0 Å². The number of aromatic nitrogens is 2. The number of allylic oxidation sites excluding steroid dienone is 1. The Hall–Kier alpha value is -2.18. The minimum Gasteiger partial charge on any atom is -0.493 e. The number of nitrogens with zero attached hydrogens (tertiary/aromatic N) is 2. The van der Waals surface area contributed by atoms with Crippen LogP contribution in [0.2, 0.25) is 5.02 Å². The van der Waals surface area contributed by atoms with Crippen LogP contribution in [0, 0.1) is 0 Å². The summed E-state index contributed by atoms with van der Waals surface area (Å²) < 4.78 is 11.1. The van der Waals surface area contributed by atoms with Gasteiger partial charge >= 0.3 is 0 Å². The quantitative estimate of drug-likeness (QED) is 0.703. The topological polar surface area (TPSA) is 56.3 Å². The molecule has 142 valence electrons. The van der Waals surface area contributed by atoms with E-state index in [0.717, 1.165) is 21.3 Å². The lowest BCUT2D eigenvalue weighted by Crippen LogP contribution is -2.16. The van der Waals surface area contributed by atoms with E-state index in [9.17, 15) is 0 Å². The van der Waals surface area contributed by atoms with Crippen molar-refractivity contribution in [1.29, 1.82) is 0 Å². The first-order valence-electron chi connectivity index (χ1n) is 8.58. The number of benzene rings is 1. The Bertz CT molecular complexity index is 868. The monoisotopic (exact) mass is 403 g/mol. The minimum absolute atomic E-state index is 0.00174. The molecule has 2 unspecified atom stereocenters. The molecule has 7 heteroatoms. The van der Waals surface area contributed by atoms with Gasteiger partial charge in [0.15, 0.2) is 11.5 Å². The van der Waals surface area contributed by atoms with Crippen molar-refractivity contribution in [2.24, 2.45) is 0 Å². The van der Waals surface area contributed by atoms with E-state index in [2.05, 4.69) is 29.1 Å². The molecular weight excluding hydrogens is 382 g/mol. The molecule has 1 aromatic carbocycles. The zero-order valence-electron chi connectivity index (χ0n) is 15.7. The second kappa shape index (κ2) is 8.67. The molecule has 1 N–H and O–H groups in total. The van der Waals surface area contributed by atoms with Gasteiger partial charge in [0, 0.05) is 21.9 Å². The van der Waals surface area contributed by atoms with Crippen molar-refractivity contribution in [3.8, 4) is 0 Å². The van der Waals surface area contributed by atoms with Crippen molar-refractivity contribution in [2.45, 2.75) is 35.7 Å². The van der Waals surface area contributed by atoms with Gasteiger partial charge in [0.1, 0.15) is 11.4 Å². The van der Waals surface area contributed by atoms with Crippen molar-refractivity contribution in [3.05, 3.63) is 65.0 Å². The molecule has 2 aromatic rings. The highest BCUT2D eigenvalue weighted by atomic mass is 35.5. The highest BCUT2D eigenvalue weighted by Crippen LogP contribution is 2.37. The third-order valence-electron chi connectivity index (χ3n) is 4.16. The van der Waals surface area contributed by atoms with Gasteiger partial charge in [-0.2, -0.15) is 0 Å². The van der Waals surface area contributed by atoms with E-state index in [4.69, 9.17) is 21.1 Å². The van der Waals surface area contributed by atoms with Crippen molar-refractivity contribution in [3.63, 3.8) is 0 Å². The summed E-state index contributed by atoms with van der Waals surface area (Å²) >= 11 is 7.57. The van der Waals surface area contributed by atoms with E-state index in [0.29, 0.717) is 16.5 Å². The summed E-state index contributed by atoms with van der Waals surface area (Å²) in [5.41, 5.74) is 1.83. The predicted octanol–water partition coefficient (Wildman–Crippen LogP) is 5.26.